The first-order chi connectivity index (χ1) is 12.2. The minimum atomic E-state index is -1.07. The molecule has 7 nitrogen and oxygen atoms in total. The van der Waals surface area contributed by atoms with Crippen molar-refractivity contribution in [3.05, 3.63) is 40.7 Å². The van der Waals surface area contributed by atoms with Crippen LogP contribution in [-0.4, -0.2) is 29.3 Å². The van der Waals surface area contributed by atoms with Gasteiger partial charge in [-0.2, -0.15) is 0 Å². The topological polar surface area (TPSA) is 95.8 Å². The van der Waals surface area contributed by atoms with Gasteiger partial charge in [0.2, 0.25) is 0 Å². The van der Waals surface area contributed by atoms with Gasteiger partial charge in [0.1, 0.15) is 23.7 Å². The van der Waals surface area contributed by atoms with Crippen LogP contribution in [0.1, 0.15) is 62.2 Å². The van der Waals surface area contributed by atoms with Crippen LogP contribution < -0.4 is 10.6 Å². The molecule has 7 heteroatoms. The first-order valence-electron chi connectivity index (χ1n) is 9.00. The van der Waals surface area contributed by atoms with Gasteiger partial charge in [0.15, 0.2) is 11.7 Å². The van der Waals surface area contributed by atoms with E-state index in [1.54, 1.807) is 6.92 Å². The average Bonchev–Trinajstić information content (AvgIpc) is 3.17. The molecule has 2 aromatic rings. The molecular formula is C19H30N4O3. The number of aliphatic hydroxyl groups is 1. The lowest BCUT2D eigenvalue weighted by Crippen LogP contribution is -2.44. The van der Waals surface area contributed by atoms with Crippen LogP contribution in [0.5, 0.6) is 0 Å². The molecule has 2 rings (SSSR count). The molecule has 0 aliphatic carbocycles. The second-order valence-electron chi connectivity index (χ2n) is 7.02. The maximum absolute atomic E-state index is 10.8. The number of rotatable bonds is 7. The molecule has 0 saturated heterocycles. The van der Waals surface area contributed by atoms with E-state index in [-0.39, 0.29) is 0 Å². The Balaban J connectivity index is 2.03. The maximum atomic E-state index is 10.8. The summed E-state index contributed by atoms with van der Waals surface area (Å²) in [6.07, 6.45) is 0. The molecule has 0 bridgehead atoms. The fraction of sp³-hybridized carbons (Fsp3) is 0.579. The molecule has 0 radical (unpaired) electrons. The van der Waals surface area contributed by atoms with Crippen molar-refractivity contribution >= 4 is 5.96 Å². The molecule has 2 heterocycles. The van der Waals surface area contributed by atoms with Gasteiger partial charge < -0.3 is 24.7 Å². The minimum absolute atomic E-state index is 0.298. The van der Waals surface area contributed by atoms with Crippen LogP contribution in [0.15, 0.2) is 26.1 Å². The third kappa shape index (κ3) is 5.11. The van der Waals surface area contributed by atoms with Crippen LogP contribution in [-0.2, 0) is 12.1 Å². The van der Waals surface area contributed by atoms with E-state index < -0.39 is 5.60 Å². The molecule has 0 aromatic carbocycles. The van der Waals surface area contributed by atoms with Crippen LogP contribution in [0, 0.1) is 13.8 Å². The summed E-state index contributed by atoms with van der Waals surface area (Å²) in [6.45, 7) is 13.0. The van der Waals surface area contributed by atoms with Gasteiger partial charge in [-0.25, -0.2) is 4.99 Å². The number of hydrogen-bond acceptors (Lipinski definition) is 5. The Morgan fingerprint density at radius 3 is 2.58 bits per heavy atom. The molecule has 0 fully saturated rings. The quantitative estimate of drug-likeness (QED) is 0.518. The van der Waals surface area contributed by atoms with Crippen LogP contribution in [0.4, 0.5) is 0 Å². The van der Waals surface area contributed by atoms with Gasteiger partial charge in [-0.3, -0.25) is 0 Å². The molecule has 144 valence electrons. The largest absolute Gasteiger partial charge is 0.466 e. The number of hydrogen-bond donors (Lipinski definition) is 3. The van der Waals surface area contributed by atoms with E-state index in [1.807, 2.05) is 32.9 Å². The van der Waals surface area contributed by atoms with Crippen LogP contribution in [0.2, 0.25) is 0 Å². The summed E-state index contributed by atoms with van der Waals surface area (Å²) in [6, 6.07) is 3.79. The van der Waals surface area contributed by atoms with Gasteiger partial charge in [-0.15, -0.1) is 0 Å². The molecule has 3 N–H and O–H groups in total. The zero-order valence-electron chi connectivity index (χ0n) is 16.5. The van der Waals surface area contributed by atoms with Crippen molar-refractivity contribution in [2.24, 2.45) is 4.99 Å². The van der Waals surface area contributed by atoms with E-state index in [2.05, 4.69) is 34.6 Å². The first-order valence-corrected chi connectivity index (χ1v) is 9.00. The number of nitrogens with zero attached hydrogens (tertiary/aromatic N) is 2. The number of nitrogens with one attached hydrogen (secondary N) is 2. The number of aryl methyl sites for hydroxylation is 2. The lowest BCUT2D eigenvalue weighted by molar-refractivity contribution is 0.0601. The van der Waals surface area contributed by atoms with Gasteiger partial charge >= 0.3 is 0 Å². The number of aliphatic imine (C=N–C) groups is 1. The van der Waals surface area contributed by atoms with Crippen molar-refractivity contribution in [3.63, 3.8) is 0 Å². The molecule has 1 atom stereocenters. The summed E-state index contributed by atoms with van der Waals surface area (Å²) in [5.41, 5.74) is 0.617. The lowest BCUT2D eigenvalue weighted by atomic mass is 9.96. The van der Waals surface area contributed by atoms with Gasteiger partial charge in [-0.1, -0.05) is 19.0 Å². The van der Waals surface area contributed by atoms with E-state index in [0.29, 0.717) is 37.3 Å². The molecule has 0 aliphatic heterocycles. The highest BCUT2D eigenvalue weighted by molar-refractivity contribution is 5.79. The van der Waals surface area contributed by atoms with Crippen molar-refractivity contribution in [2.45, 2.75) is 59.6 Å². The molecule has 0 spiro atoms. The molecule has 0 saturated carbocycles. The summed E-state index contributed by atoms with van der Waals surface area (Å²) < 4.78 is 10.8. The second-order valence-corrected chi connectivity index (χ2v) is 7.02. The predicted octanol–water partition coefficient (Wildman–Crippen LogP) is 2.97. The van der Waals surface area contributed by atoms with Crippen molar-refractivity contribution < 1.29 is 14.0 Å². The average molecular weight is 362 g/mol. The smallest absolute Gasteiger partial charge is 0.191 e. The first kappa shape index (κ1) is 20.0. The highest BCUT2D eigenvalue weighted by Gasteiger charge is 2.27. The van der Waals surface area contributed by atoms with E-state index >= 15 is 0 Å². The minimum Gasteiger partial charge on any atom is -0.466 e. The number of furan rings is 1. The van der Waals surface area contributed by atoms with Crippen LogP contribution in [0.25, 0.3) is 0 Å². The SMILES string of the molecule is CCNC(=NCc1cc(C(C)C)no1)NCC(C)(O)c1cc(C)oc1C. The molecule has 26 heavy (non-hydrogen) atoms. The molecule has 0 aliphatic rings. The lowest BCUT2D eigenvalue weighted by Gasteiger charge is -2.24. The summed E-state index contributed by atoms with van der Waals surface area (Å²) in [7, 11) is 0. The Morgan fingerprint density at radius 2 is 2.04 bits per heavy atom. The Hall–Kier alpha value is -2.28. The van der Waals surface area contributed by atoms with E-state index in [4.69, 9.17) is 8.94 Å². The Morgan fingerprint density at radius 1 is 1.31 bits per heavy atom. The fourth-order valence-electron chi connectivity index (χ4n) is 2.69. The highest BCUT2D eigenvalue weighted by atomic mass is 16.5. The van der Waals surface area contributed by atoms with E-state index in [1.165, 1.54) is 0 Å². The Labute approximate surface area is 154 Å². The molecule has 2 aromatic heterocycles. The van der Waals surface area contributed by atoms with Crippen LogP contribution in [0.3, 0.4) is 0 Å². The highest BCUT2D eigenvalue weighted by Crippen LogP contribution is 2.26. The Kier molecular flexibility index (Phi) is 6.47. The monoisotopic (exact) mass is 362 g/mol. The molecule has 0 amide bonds. The maximum Gasteiger partial charge on any atom is 0.191 e. The van der Waals surface area contributed by atoms with Gasteiger partial charge in [0.05, 0.1) is 12.2 Å². The standard InChI is InChI=1S/C19H30N4O3/c1-7-20-18(21-10-15-9-17(12(2)3)23-26-15)22-11-19(6,24)16-8-13(4)25-14(16)5/h8-9,12,24H,7,10-11H2,1-6H3,(H2,20,21,22). The summed E-state index contributed by atoms with van der Waals surface area (Å²) in [5.74, 6) is 3.13. The summed E-state index contributed by atoms with van der Waals surface area (Å²) in [5, 5.41) is 21.2. The number of aromatic nitrogens is 1. The van der Waals surface area contributed by atoms with Crippen molar-refractivity contribution in [2.75, 3.05) is 13.1 Å². The third-order valence-corrected chi connectivity index (χ3v) is 4.13. The van der Waals surface area contributed by atoms with Gasteiger partial charge in [0.25, 0.3) is 0 Å². The zero-order chi connectivity index (χ0) is 19.3. The zero-order valence-corrected chi connectivity index (χ0v) is 16.5. The van der Waals surface area contributed by atoms with E-state index in [0.717, 1.165) is 22.8 Å². The Bertz CT molecular complexity index is 744. The fourth-order valence-corrected chi connectivity index (χ4v) is 2.69. The molecular weight excluding hydrogens is 332 g/mol. The van der Waals surface area contributed by atoms with Gasteiger partial charge in [-0.05, 0) is 39.7 Å². The van der Waals surface area contributed by atoms with Gasteiger partial charge in [0, 0.05) is 18.2 Å². The predicted molar refractivity (Wildman–Crippen MR) is 101 cm³/mol. The van der Waals surface area contributed by atoms with Crippen molar-refractivity contribution in [1.82, 2.24) is 15.8 Å². The third-order valence-electron chi connectivity index (χ3n) is 4.13. The van der Waals surface area contributed by atoms with Crippen molar-refractivity contribution in [1.29, 1.82) is 0 Å². The second kappa shape index (κ2) is 8.40. The van der Waals surface area contributed by atoms with Crippen LogP contribution >= 0.6 is 0 Å². The molecule has 1 unspecified atom stereocenters. The normalized spacial score (nSPS) is 14.5. The van der Waals surface area contributed by atoms with Crippen molar-refractivity contribution in [3.8, 4) is 0 Å². The summed E-state index contributed by atoms with van der Waals surface area (Å²) >= 11 is 0. The number of guanidine groups is 1. The van der Waals surface area contributed by atoms with E-state index in [9.17, 15) is 5.11 Å². The summed E-state index contributed by atoms with van der Waals surface area (Å²) in [4.78, 5) is 4.51.